The summed E-state index contributed by atoms with van der Waals surface area (Å²) in [4.78, 5) is 15.2. The van der Waals surface area contributed by atoms with Crippen molar-refractivity contribution in [2.24, 2.45) is 0 Å². The number of alkyl halides is 2. The van der Waals surface area contributed by atoms with Crippen LogP contribution in [0.25, 0.3) is 16.8 Å². The molecular weight excluding hydrogens is 368 g/mol. The van der Waals surface area contributed by atoms with E-state index in [2.05, 4.69) is 10.1 Å². The van der Waals surface area contributed by atoms with Crippen molar-refractivity contribution in [3.05, 3.63) is 56.1 Å². The molecule has 0 saturated carbocycles. The van der Waals surface area contributed by atoms with Gasteiger partial charge < -0.3 is 4.98 Å². The summed E-state index contributed by atoms with van der Waals surface area (Å²) < 4.78 is 1.26. The van der Waals surface area contributed by atoms with Gasteiger partial charge in [0.25, 0.3) is 5.56 Å². The van der Waals surface area contributed by atoms with Crippen LogP contribution in [0.2, 0.25) is 10.0 Å². The minimum Gasteiger partial charge on any atom is -0.342 e. The second kappa shape index (κ2) is 6.13. The lowest BCUT2D eigenvalue weighted by Crippen LogP contribution is -2.15. The molecule has 3 rings (SSSR count). The van der Waals surface area contributed by atoms with E-state index in [-0.39, 0.29) is 17.3 Å². The summed E-state index contributed by atoms with van der Waals surface area (Å²) in [6.07, 6.45) is 0. The van der Waals surface area contributed by atoms with Crippen molar-refractivity contribution in [2.45, 2.75) is 11.8 Å². The summed E-state index contributed by atoms with van der Waals surface area (Å²) in [5.74, 6) is 0.320. The van der Waals surface area contributed by atoms with Gasteiger partial charge >= 0.3 is 0 Å². The normalized spacial score (nSPS) is 11.3. The Labute approximate surface area is 145 Å². The SMILES string of the molecule is O=c1cc(CCl)[nH]c2c(-c3ccc(Cl)cc3Cl)c(CCl)nn12. The first-order valence-corrected chi connectivity index (χ1v) is 8.08. The van der Waals surface area contributed by atoms with Crippen LogP contribution in [0.1, 0.15) is 11.4 Å². The monoisotopic (exact) mass is 375 g/mol. The van der Waals surface area contributed by atoms with Crippen LogP contribution in [0.4, 0.5) is 0 Å². The number of hydrogen-bond acceptors (Lipinski definition) is 2. The Kier molecular flexibility index (Phi) is 4.37. The van der Waals surface area contributed by atoms with Crippen LogP contribution in [-0.4, -0.2) is 14.6 Å². The van der Waals surface area contributed by atoms with Crippen molar-refractivity contribution in [1.82, 2.24) is 14.6 Å². The van der Waals surface area contributed by atoms with Gasteiger partial charge in [0.15, 0.2) is 0 Å². The summed E-state index contributed by atoms with van der Waals surface area (Å²) >= 11 is 24.0. The third-order valence-electron chi connectivity index (χ3n) is 3.21. The molecule has 3 aromatic rings. The summed E-state index contributed by atoms with van der Waals surface area (Å²) in [6.45, 7) is 0. The molecule has 0 amide bonds. The first-order chi connectivity index (χ1) is 10.5. The van der Waals surface area contributed by atoms with E-state index in [0.29, 0.717) is 38.2 Å². The Morgan fingerprint density at radius 1 is 1.14 bits per heavy atom. The number of nitrogens with zero attached hydrogens (tertiary/aromatic N) is 2. The lowest BCUT2D eigenvalue weighted by Gasteiger charge is -2.06. The first kappa shape index (κ1) is 15.7. The zero-order valence-corrected chi connectivity index (χ0v) is 14.1. The van der Waals surface area contributed by atoms with Crippen LogP contribution < -0.4 is 5.56 Å². The quantitative estimate of drug-likeness (QED) is 0.685. The minimum absolute atomic E-state index is 0.138. The van der Waals surface area contributed by atoms with E-state index in [1.165, 1.54) is 10.6 Å². The maximum Gasteiger partial charge on any atom is 0.274 e. The molecule has 8 heteroatoms. The topological polar surface area (TPSA) is 50.2 Å². The maximum absolute atomic E-state index is 12.1. The third-order valence-corrected chi connectivity index (χ3v) is 4.30. The third kappa shape index (κ3) is 2.61. The van der Waals surface area contributed by atoms with Crippen LogP contribution >= 0.6 is 46.4 Å². The second-order valence-corrected chi connectivity index (χ2v) is 5.98. The van der Waals surface area contributed by atoms with E-state index in [0.717, 1.165) is 0 Å². The second-order valence-electron chi connectivity index (χ2n) is 4.61. The molecule has 2 heterocycles. The highest BCUT2D eigenvalue weighted by molar-refractivity contribution is 6.36. The maximum atomic E-state index is 12.1. The average Bonchev–Trinajstić information content (AvgIpc) is 2.86. The molecule has 1 N–H and O–H groups in total. The molecule has 0 unspecified atom stereocenters. The first-order valence-electron chi connectivity index (χ1n) is 6.26. The molecule has 0 aliphatic heterocycles. The highest BCUT2D eigenvalue weighted by atomic mass is 35.5. The zero-order valence-electron chi connectivity index (χ0n) is 11.0. The number of nitrogens with one attached hydrogen (secondary N) is 1. The van der Waals surface area contributed by atoms with Crippen LogP contribution in [0.15, 0.2) is 29.1 Å². The number of fused-ring (bicyclic) bond motifs is 1. The van der Waals surface area contributed by atoms with Gasteiger partial charge in [-0.3, -0.25) is 4.79 Å². The fraction of sp³-hybridized carbons (Fsp3) is 0.143. The van der Waals surface area contributed by atoms with Crippen molar-refractivity contribution >= 4 is 52.1 Å². The van der Waals surface area contributed by atoms with Crippen molar-refractivity contribution in [2.75, 3.05) is 0 Å². The van der Waals surface area contributed by atoms with Gasteiger partial charge in [-0.15, -0.1) is 23.2 Å². The van der Waals surface area contributed by atoms with Crippen molar-refractivity contribution in [3.8, 4) is 11.1 Å². The van der Waals surface area contributed by atoms with E-state index in [4.69, 9.17) is 46.4 Å². The Hall–Kier alpha value is -1.20. The van der Waals surface area contributed by atoms with Crippen LogP contribution in [0.5, 0.6) is 0 Å². The van der Waals surface area contributed by atoms with Gasteiger partial charge in [0.1, 0.15) is 5.65 Å². The Morgan fingerprint density at radius 2 is 1.91 bits per heavy atom. The van der Waals surface area contributed by atoms with Crippen LogP contribution in [0.3, 0.4) is 0 Å². The highest BCUT2D eigenvalue weighted by Crippen LogP contribution is 2.35. The largest absolute Gasteiger partial charge is 0.342 e. The fourth-order valence-corrected chi connectivity index (χ4v) is 3.11. The van der Waals surface area contributed by atoms with E-state index >= 15 is 0 Å². The smallest absolute Gasteiger partial charge is 0.274 e. The molecule has 114 valence electrons. The highest BCUT2D eigenvalue weighted by Gasteiger charge is 2.19. The molecule has 0 spiro atoms. The van der Waals surface area contributed by atoms with Gasteiger partial charge in [0.05, 0.1) is 28.0 Å². The van der Waals surface area contributed by atoms with Gasteiger partial charge in [0.2, 0.25) is 0 Å². The molecule has 0 radical (unpaired) electrons. The van der Waals surface area contributed by atoms with E-state index < -0.39 is 0 Å². The average molecular weight is 377 g/mol. The molecule has 0 fully saturated rings. The van der Waals surface area contributed by atoms with Gasteiger partial charge in [-0.1, -0.05) is 29.3 Å². The van der Waals surface area contributed by atoms with Crippen molar-refractivity contribution < 1.29 is 0 Å². The number of halogens is 4. The molecule has 0 atom stereocenters. The fourth-order valence-electron chi connectivity index (χ4n) is 2.28. The molecule has 2 aromatic heterocycles. The van der Waals surface area contributed by atoms with Gasteiger partial charge in [-0.05, 0) is 12.1 Å². The Morgan fingerprint density at radius 3 is 2.55 bits per heavy atom. The zero-order chi connectivity index (χ0) is 15.9. The molecule has 22 heavy (non-hydrogen) atoms. The molecule has 4 nitrogen and oxygen atoms in total. The number of aromatic amines is 1. The van der Waals surface area contributed by atoms with Gasteiger partial charge in [0, 0.05) is 22.3 Å². The number of aromatic nitrogens is 3. The lowest BCUT2D eigenvalue weighted by molar-refractivity contribution is 0.868. The summed E-state index contributed by atoms with van der Waals surface area (Å²) in [5.41, 5.74) is 2.72. The van der Waals surface area contributed by atoms with E-state index in [9.17, 15) is 4.79 Å². The number of hydrogen-bond donors (Lipinski definition) is 1. The van der Waals surface area contributed by atoms with Gasteiger partial charge in [-0.2, -0.15) is 9.61 Å². The standard InChI is InChI=1S/C14H9Cl4N3O/c15-5-8-4-12(22)21-14(19-8)13(11(6-16)20-21)9-2-1-7(17)3-10(9)18/h1-4,19H,5-6H2. The predicted octanol–water partition coefficient (Wildman–Crippen LogP) is 4.47. The number of benzene rings is 1. The Balaban J connectivity index is 2.40. The molecular formula is C14H9Cl4N3O. The van der Waals surface area contributed by atoms with E-state index in [1.54, 1.807) is 18.2 Å². The summed E-state index contributed by atoms with van der Waals surface area (Å²) in [5, 5.41) is 5.22. The van der Waals surface area contributed by atoms with E-state index in [1.807, 2.05) is 0 Å². The molecule has 0 aliphatic rings. The van der Waals surface area contributed by atoms with Crippen molar-refractivity contribution in [3.63, 3.8) is 0 Å². The van der Waals surface area contributed by atoms with Crippen molar-refractivity contribution in [1.29, 1.82) is 0 Å². The molecule has 1 aromatic carbocycles. The van der Waals surface area contributed by atoms with Crippen LogP contribution in [-0.2, 0) is 11.8 Å². The lowest BCUT2D eigenvalue weighted by atomic mass is 10.1. The minimum atomic E-state index is -0.285. The number of rotatable bonds is 3. The predicted molar refractivity (Wildman–Crippen MR) is 90.4 cm³/mol. The van der Waals surface area contributed by atoms with Crippen LogP contribution in [0, 0.1) is 0 Å². The Bertz CT molecular complexity index is 916. The van der Waals surface area contributed by atoms with Gasteiger partial charge in [-0.25, -0.2) is 0 Å². The summed E-state index contributed by atoms with van der Waals surface area (Å²) in [7, 11) is 0. The number of H-pyrrole nitrogens is 1. The summed E-state index contributed by atoms with van der Waals surface area (Å²) in [6, 6.07) is 6.51. The molecule has 0 saturated heterocycles. The molecule has 0 bridgehead atoms. The molecule has 0 aliphatic carbocycles.